The average Bonchev–Trinajstić information content (AvgIpc) is 3.38. The Morgan fingerprint density at radius 3 is 2.50 bits per heavy atom. The van der Waals surface area contributed by atoms with Crippen LogP contribution in [0.3, 0.4) is 0 Å². The van der Waals surface area contributed by atoms with Gasteiger partial charge in [0.1, 0.15) is 0 Å². The number of hydrogen-bond donors (Lipinski definition) is 3. The van der Waals surface area contributed by atoms with Crippen molar-refractivity contribution >= 4 is 52.2 Å². The summed E-state index contributed by atoms with van der Waals surface area (Å²) < 4.78 is 17.7. The van der Waals surface area contributed by atoms with Crippen LogP contribution in [0.2, 0.25) is 0 Å². The van der Waals surface area contributed by atoms with Crippen molar-refractivity contribution in [2.45, 2.75) is 46.6 Å². The summed E-state index contributed by atoms with van der Waals surface area (Å²) in [6.07, 6.45) is 3.15. The van der Waals surface area contributed by atoms with Gasteiger partial charge in [-0.1, -0.05) is 17.7 Å². The largest absolute Gasteiger partial charge is 0.490 e. The molecule has 0 aromatic heterocycles. The monoisotopic (exact) mass is 636 g/mol. The molecular formula is C27H33IN4O6. The van der Waals surface area contributed by atoms with E-state index in [1.807, 2.05) is 39.8 Å². The molecule has 1 aliphatic rings. The lowest BCUT2D eigenvalue weighted by Gasteiger charge is -2.16. The van der Waals surface area contributed by atoms with Gasteiger partial charge in [0.25, 0.3) is 5.91 Å². The van der Waals surface area contributed by atoms with E-state index in [0.717, 1.165) is 35.2 Å². The van der Waals surface area contributed by atoms with E-state index in [-0.39, 0.29) is 25.2 Å². The number of halogens is 1. The molecule has 1 fully saturated rings. The number of ether oxygens (including phenoxy) is 3. The SMILES string of the molecule is CCOc1cc(/C=N\NC(=O)C(=O)NC[C@H]2CCCO2)cc(I)c1OCC(=O)Nc1c(C)cc(C)cc1C. The van der Waals surface area contributed by atoms with Gasteiger partial charge in [0, 0.05) is 18.8 Å². The standard InChI is InChI=1S/C27H33IN4O6/c1-5-36-22-12-19(13-30-32-27(35)26(34)29-14-20-7-6-8-37-20)11-21(28)25(22)38-15-23(33)31-24-17(3)9-16(2)10-18(24)4/h9-13,20H,5-8,14-15H2,1-4H3,(H,29,34)(H,31,33)(H,32,35)/b30-13-/t20-/m1/s1. The van der Waals surface area contributed by atoms with Crippen molar-refractivity contribution in [2.24, 2.45) is 5.10 Å². The molecule has 3 N–H and O–H groups in total. The van der Waals surface area contributed by atoms with E-state index in [0.29, 0.717) is 33.8 Å². The minimum Gasteiger partial charge on any atom is -0.490 e. The summed E-state index contributed by atoms with van der Waals surface area (Å²) in [6.45, 7) is 8.89. The predicted molar refractivity (Wildman–Crippen MR) is 153 cm³/mol. The third kappa shape index (κ3) is 8.42. The molecule has 3 rings (SSSR count). The summed E-state index contributed by atoms with van der Waals surface area (Å²) in [5.41, 5.74) is 6.70. The van der Waals surface area contributed by atoms with Gasteiger partial charge in [-0.25, -0.2) is 5.43 Å². The molecule has 3 amide bonds. The molecule has 1 aliphatic heterocycles. The van der Waals surface area contributed by atoms with E-state index in [1.165, 1.54) is 6.21 Å². The summed E-state index contributed by atoms with van der Waals surface area (Å²) in [5.74, 6) is -1.08. The predicted octanol–water partition coefficient (Wildman–Crippen LogP) is 3.38. The Labute approximate surface area is 236 Å². The van der Waals surface area contributed by atoms with Crippen LogP contribution in [-0.2, 0) is 19.1 Å². The zero-order valence-electron chi connectivity index (χ0n) is 22.0. The molecule has 1 saturated heterocycles. The molecule has 10 nitrogen and oxygen atoms in total. The summed E-state index contributed by atoms with van der Waals surface area (Å²) in [7, 11) is 0. The number of rotatable bonds is 10. The van der Waals surface area contributed by atoms with Crippen LogP contribution in [0.1, 0.15) is 42.0 Å². The van der Waals surface area contributed by atoms with Gasteiger partial charge in [-0.15, -0.1) is 0 Å². The van der Waals surface area contributed by atoms with Gasteiger partial charge in [0.2, 0.25) is 0 Å². The number of anilines is 1. The molecule has 0 radical (unpaired) electrons. The highest BCUT2D eigenvalue weighted by molar-refractivity contribution is 14.1. The average molecular weight is 636 g/mol. The van der Waals surface area contributed by atoms with Crippen LogP contribution in [-0.4, -0.2) is 56.4 Å². The summed E-state index contributed by atoms with van der Waals surface area (Å²) in [6, 6.07) is 7.47. The fourth-order valence-electron chi connectivity index (χ4n) is 4.06. The highest BCUT2D eigenvalue weighted by Gasteiger charge is 2.19. The first kappa shape index (κ1) is 29.4. The molecule has 204 valence electrons. The number of nitrogens with zero attached hydrogens (tertiary/aromatic N) is 1. The number of aryl methyl sites for hydroxylation is 3. The zero-order valence-corrected chi connectivity index (χ0v) is 24.1. The van der Waals surface area contributed by atoms with Crippen molar-refractivity contribution in [3.8, 4) is 11.5 Å². The molecule has 0 saturated carbocycles. The summed E-state index contributed by atoms with van der Waals surface area (Å²) in [4.78, 5) is 36.6. The number of benzene rings is 2. The lowest BCUT2D eigenvalue weighted by Crippen LogP contribution is -2.41. The van der Waals surface area contributed by atoms with Gasteiger partial charge in [0.15, 0.2) is 18.1 Å². The molecule has 0 spiro atoms. The van der Waals surface area contributed by atoms with Gasteiger partial charge >= 0.3 is 11.8 Å². The minimum atomic E-state index is -0.871. The molecule has 0 unspecified atom stereocenters. The molecular weight excluding hydrogens is 603 g/mol. The van der Waals surface area contributed by atoms with Crippen LogP contribution >= 0.6 is 22.6 Å². The molecule has 38 heavy (non-hydrogen) atoms. The molecule has 2 aromatic carbocycles. The molecule has 2 aromatic rings. The number of nitrogens with one attached hydrogen (secondary N) is 3. The highest BCUT2D eigenvalue weighted by Crippen LogP contribution is 2.34. The van der Waals surface area contributed by atoms with E-state index >= 15 is 0 Å². The summed E-state index contributed by atoms with van der Waals surface area (Å²) in [5, 5.41) is 9.34. The second-order valence-electron chi connectivity index (χ2n) is 8.92. The van der Waals surface area contributed by atoms with E-state index in [2.05, 4.69) is 43.8 Å². The Hall–Kier alpha value is -3.19. The van der Waals surface area contributed by atoms with E-state index in [1.54, 1.807) is 12.1 Å². The zero-order chi connectivity index (χ0) is 27.7. The van der Waals surface area contributed by atoms with E-state index < -0.39 is 11.8 Å². The van der Waals surface area contributed by atoms with Gasteiger partial charge in [-0.05, 0) is 92.0 Å². The van der Waals surface area contributed by atoms with Crippen LogP contribution in [0.25, 0.3) is 0 Å². The third-order valence-electron chi connectivity index (χ3n) is 5.72. The number of amides is 3. The summed E-state index contributed by atoms with van der Waals surface area (Å²) >= 11 is 2.08. The molecule has 1 atom stereocenters. The quantitative estimate of drug-likeness (QED) is 0.159. The third-order valence-corrected chi connectivity index (χ3v) is 6.52. The van der Waals surface area contributed by atoms with Crippen molar-refractivity contribution in [1.29, 1.82) is 0 Å². The maximum atomic E-state index is 12.6. The van der Waals surface area contributed by atoms with Crippen molar-refractivity contribution in [1.82, 2.24) is 10.7 Å². The minimum absolute atomic E-state index is 0.0584. The fourth-order valence-corrected chi connectivity index (χ4v) is 4.85. The molecule has 1 heterocycles. The topological polar surface area (TPSA) is 127 Å². The normalized spacial score (nSPS) is 14.8. The Bertz CT molecular complexity index is 1190. The van der Waals surface area contributed by atoms with Crippen molar-refractivity contribution in [3.05, 3.63) is 50.1 Å². The Kier molecular flexibility index (Phi) is 10.9. The number of hydrazone groups is 1. The first-order valence-corrected chi connectivity index (χ1v) is 13.5. The Balaban J connectivity index is 1.59. The van der Waals surface area contributed by atoms with Gasteiger partial charge in [0.05, 0.1) is 22.5 Å². The van der Waals surface area contributed by atoms with Crippen molar-refractivity contribution < 1.29 is 28.6 Å². The van der Waals surface area contributed by atoms with Crippen LogP contribution < -0.4 is 25.5 Å². The molecule has 0 aliphatic carbocycles. The van der Waals surface area contributed by atoms with Gasteiger partial charge < -0.3 is 24.8 Å². The Morgan fingerprint density at radius 1 is 1.11 bits per heavy atom. The highest BCUT2D eigenvalue weighted by atomic mass is 127. The second kappa shape index (κ2) is 14.1. The van der Waals surface area contributed by atoms with E-state index in [9.17, 15) is 14.4 Å². The fraction of sp³-hybridized carbons (Fsp3) is 0.407. The number of carbonyl (C=O) groups excluding carboxylic acids is 3. The number of hydrogen-bond acceptors (Lipinski definition) is 7. The van der Waals surface area contributed by atoms with Crippen LogP contribution in [0.5, 0.6) is 11.5 Å². The van der Waals surface area contributed by atoms with Crippen molar-refractivity contribution in [2.75, 3.05) is 31.7 Å². The maximum absolute atomic E-state index is 12.6. The van der Waals surface area contributed by atoms with E-state index in [4.69, 9.17) is 14.2 Å². The first-order chi connectivity index (χ1) is 18.2. The molecule has 11 heteroatoms. The van der Waals surface area contributed by atoms with Crippen LogP contribution in [0.4, 0.5) is 5.69 Å². The van der Waals surface area contributed by atoms with Crippen LogP contribution in [0.15, 0.2) is 29.4 Å². The van der Waals surface area contributed by atoms with Gasteiger partial charge in [-0.2, -0.15) is 5.10 Å². The van der Waals surface area contributed by atoms with Crippen LogP contribution in [0, 0.1) is 24.3 Å². The first-order valence-electron chi connectivity index (χ1n) is 12.4. The Morgan fingerprint density at radius 2 is 1.84 bits per heavy atom. The lowest BCUT2D eigenvalue weighted by atomic mass is 10.1. The smallest absolute Gasteiger partial charge is 0.329 e. The molecule has 0 bridgehead atoms. The maximum Gasteiger partial charge on any atom is 0.329 e. The lowest BCUT2D eigenvalue weighted by molar-refractivity contribution is -0.139. The van der Waals surface area contributed by atoms with Crippen molar-refractivity contribution in [3.63, 3.8) is 0 Å². The van der Waals surface area contributed by atoms with Gasteiger partial charge in [-0.3, -0.25) is 14.4 Å². The second-order valence-corrected chi connectivity index (χ2v) is 10.1. The number of carbonyl (C=O) groups is 3.